The van der Waals surface area contributed by atoms with Crippen molar-refractivity contribution >= 4 is 11.6 Å². The molecule has 0 aliphatic heterocycles. The summed E-state index contributed by atoms with van der Waals surface area (Å²) in [5, 5.41) is 16.4. The van der Waals surface area contributed by atoms with Crippen molar-refractivity contribution in [2.24, 2.45) is 5.92 Å². The lowest BCUT2D eigenvalue weighted by Gasteiger charge is -2.39. The van der Waals surface area contributed by atoms with E-state index in [4.69, 9.17) is 0 Å². The minimum atomic E-state index is -0.236. The molecule has 1 aromatic rings. The molecule has 1 aromatic heterocycles. The van der Waals surface area contributed by atoms with Crippen LogP contribution in [0.3, 0.4) is 0 Å². The summed E-state index contributed by atoms with van der Waals surface area (Å²) >= 11 is 0. The van der Waals surface area contributed by atoms with Gasteiger partial charge in [0, 0.05) is 19.0 Å². The summed E-state index contributed by atoms with van der Waals surface area (Å²) < 4.78 is 0. The molecule has 0 atom stereocenters. The first-order chi connectivity index (χ1) is 9.98. The standard InChI is InChI=1S/C16H28N4O/c1-11(2)15-18-13(17-4)9-14(19-15)20-16(10-21)7-5-12(3)6-8-16/h9,11-12,21H,5-8,10H2,1-4H3,(H2,17,18,19,20). The number of aliphatic hydroxyl groups excluding tert-OH is 1. The van der Waals surface area contributed by atoms with Crippen molar-refractivity contribution in [3.8, 4) is 0 Å². The first-order valence-corrected chi connectivity index (χ1v) is 7.94. The van der Waals surface area contributed by atoms with Gasteiger partial charge in [-0.3, -0.25) is 0 Å². The number of aromatic nitrogens is 2. The fourth-order valence-corrected chi connectivity index (χ4v) is 2.83. The molecule has 1 aliphatic rings. The number of nitrogens with one attached hydrogen (secondary N) is 2. The first-order valence-electron chi connectivity index (χ1n) is 7.94. The smallest absolute Gasteiger partial charge is 0.135 e. The lowest BCUT2D eigenvalue weighted by atomic mass is 9.77. The maximum absolute atomic E-state index is 9.87. The van der Waals surface area contributed by atoms with Crippen molar-refractivity contribution < 1.29 is 5.11 Å². The van der Waals surface area contributed by atoms with Crippen molar-refractivity contribution in [2.75, 3.05) is 24.3 Å². The molecule has 21 heavy (non-hydrogen) atoms. The lowest BCUT2D eigenvalue weighted by molar-refractivity contribution is 0.155. The molecule has 0 radical (unpaired) electrons. The Balaban J connectivity index is 2.22. The number of nitrogens with zero attached hydrogens (tertiary/aromatic N) is 2. The maximum Gasteiger partial charge on any atom is 0.135 e. The van der Waals surface area contributed by atoms with Gasteiger partial charge in [0.15, 0.2) is 0 Å². The molecule has 1 fully saturated rings. The van der Waals surface area contributed by atoms with Gasteiger partial charge in [-0.05, 0) is 31.6 Å². The second-order valence-electron chi connectivity index (χ2n) is 6.65. The highest BCUT2D eigenvalue weighted by Gasteiger charge is 2.34. The van der Waals surface area contributed by atoms with Crippen molar-refractivity contribution in [1.82, 2.24) is 9.97 Å². The molecule has 1 aliphatic carbocycles. The molecule has 5 heteroatoms. The zero-order chi connectivity index (χ0) is 15.5. The van der Waals surface area contributed by atoms with Gasteiger partial charge in [-0.25, -0.2) is 9.97 Å². The van der Waals surface area contributed by atoms with Gasteiger partial charge < -0.3 is 15.7 Å². The highest BCUT2D eigenvalue weighted by atomic mass is 16.3. The number of rotatable bonds is 5. The highest BCUT2D eigenvalue weighted by Crippen LogP contribution is 2.34. The van der Waals surface area contributed by atoms with Crippen LogP contribution in [0.5, 0.6) is 0 Å². The van der Waals surface area contributed by atoms with E-state index in [-0.39, 0.29) is 18.1 Å². The molecular formula is C16H28N4O. The average molecular weight is 292 g/mol. The molecule has 118 valence electrons. The van der Waals surface area contributed by atoms with Gasteiger partial charge in [-0.1, -0.05) is 20.8 Å². The largest absolute Gasteiger partial charge is 0.394 e. The molecule has 0 spiro atoms. The van der Waals surface area contributed by atoms with Crippen LogP contribution in [0.15, 0.2) is 6.07 Å². The molecule has 0 amide bonds. The van der Waals surface area contributed by atoms with Crippen molar-refractivity contribution in [2.45, 2.75) is 57.9 Å². The number of hydrogen-bond donors (Lipinski definition) is 3. The quantitative estimate of drug-likeness (QED) is 0.778. The summed E-state index contributed by atoms with van der Waals surface area (Å²) in [7, 11) is 1.86. The minimum absolute atomic E-state index is 0.148. The van der Waals surface area contributed by atoms with E-state index in [1.807, 2.05) is 13.1 Å². The predicted octanol–water partition coefficient (Wildman–Crippen LogP) is 2.99. The summed E-state index contributed by atoms with van der Waals surface area (Å²) in [5.41, 5.74) is -0.236. The van der Waals surface area contributed by atoms with E-state index in [0.29, 0.717) is 0 Å². The third-order valence-corrected chi connectivity index (χ3v) is 4.44. The fourth-order valence-electron chi connectivity index (χ4n) is 2.83. The van der Waals surface area contributed by atoms with Crippen LogP contribution < -0.4 is 10.6 Å². The highest BCUT2D eigenvalue weighted by molar-refractivity contribution is 5.49. The zero-order valence-corrected chi connectivity index (χ0v) is 13.6. The predicted molar refractivity (Wildman–Crippen MR) is 86.7 cm³/mol. The monoisotopic (exact) mass is 292 g/mol. The minimum Gasteiger partial charge on any atom is -0.394 e. The van der Waals surface area contributed by atoms with Gasteiger partial charge >= 0.3 is 0 Å². The second kappa shape index (κ2) is 6.60. The molecule has 3 N–H and O–H groups in total. The summed E-state index contributed by atoms with van der Waals surface area (Å²) in [4.78, 5) is 9.09. The molecule has 0 bridgehead atoms. The second-order valence-corrected chi connectivity index (χ2v) is 6.65. The number of anilines is 2. The third-order valence-electron chi connectivity index (χ3n) is 4.44. The molecule has 0 aromatic carbocycles. The van der Waals surface area contributed by atoms with E-state index in [1.54, 1.807) is 0 Å². The Labute approximate surface area is 127 Å². The van der Waals surface area contributed by atoms with E-state index in [1.165, 1.54) is 0 Å². The van der Waals surface area contributed by atoms with E-state index >= 15 is 0 Å². The van der Waals surface area contributed by atoms with E-state index in [0.717, 1.165) is 49.1 Å². The molecule has 5 nitrogen and oxygen atoms in total. The van der Waals surface area contributed by atoms with Gasteiger partial charge in [-0.15, -0.1) is 0 Å². The lowest BCUT2D eigenvalue weighted by Crippen LogP contribution is -2.45. The summed E-state index contributed by atoms with van der Waals surface area (Å²) in [5.74, 6) is 3.46. The van der Waals surface area contributed by atoms with Crippen LogP contribution in [0.2, 0.25) is 0 Å². The third kappa shape index (κ3) is 3.84. The summed E-state index contributed by atoms with van der Waals surface area (Å²) in [6, 6.07) is 1.92. The molecule has 1 saturated carbocycles. The molecule has 2 rings (SSSR count). The van der Waals surface area contributed by atoms with Gasteiger partial charge in [0.25, 0.3) is 0 Å². The van der Waals surface area contributed by atoms with E-state index in [2.05, 4.69) is 41.4 Å². The zero-order valence-electron chi connectivity index (χ0n) is 13.6. The molecule has 0 unspecified atom stereocenters. The Morgan fingerprint density at radius 3 is 2.43 bits per heavy atom. The van der Waals surface area contributed by atoms with Gasteiger partial charge in [0.2, 0.25) is 0 Å². The van der Waals surface area contributed by atoms with Crippen LogP contribution in [0.25, 0.3) is 0 Å². The molecule has 1 heterocycles. The van der Waals surface area contributed by atoms with Crippen LogP contribution in [0.4, 0.5) is 11.6 Å². The van der Waals surface area contributed by atoms with Crippen molar-refractivity contribution in [1.29, 1.82) is 0 Å². The van der Waals surface area contributed by atoms with Crippen LogP contribution in [0, 0.1) is 5.92 Å². The average Bonchev–Trinajstić information content (AvgIpc) is 2.49. The molecule has 0 saturated heterocycles. The first kappa shape index (κ1) is 16.0. The Kier molecular flexibility index (Phi) is 5.04. The number of aliphatic hydroxyl groups is 1. The summed E-state index contributed by atoms with van der Waals surface area (Å²) in [6.45, 7) is 6.60. The van der Waals surface area contributed by atoms with Crippen LogP contribution in [-0.4, -0.2) is 34.3 Å². The van der Waals surface area contributed by atoms with Crippen molar-refractivity contribution in [3.63, 3.8) is 0 Å². The van der Waals surface area contributed by atoms with Gasteiger partial charge in [0.05, 0.1) is 12.1 Å². The maximum atomic E-state index is 9.87. The number of hydrogen-bond acceptors (Lipinski definition) is 5. The van der Waals surface area contributed by atoms with Crippen LogP contribution in [-0.2, 0) is 0 Å². The normalized spacial score (nSPS) is 25.9. The van der Waals surface area contributed by atoms with Crippen LogP contribution >= 0.6 is 0 Å². The molecular weight excluding hydrogens is 264 g/mol. The van der Waals surface area contributed by atoms with E-state index < -0.39 is 0 Å². The van der Waals surface area contributed by atoms with Crippen molar-refractivity contribution in [3.05, 3.63) is 11.9 Å². The van der Waals surface area contributed by atoms with Gasteiger partial charge in [0.1, 0.15) is 17.5 Å². The Morgan fingerprint density at radius 2 is 1.90 bits per heavy atom. The van der Waals surface area contributed by atoms with E-state index in [9.17, 15) is 5.11 Å². The Morgan fingerprint density at radius 1 is 1.29 bits per heavy atom. The van der Waals surface area contributed by atoms with Crippen LogP contribution in [0.1, 0.15) is 58.2 Å². The van der Waals surface area contributed by atoms with Gasteiger partial charge in [-0.2, -0.15) is 0 Å². The Bertz CT molecular complexity index is 467. The Hall–Kier alpha value is -1.36. The topological polar surface area (TPSA) is 70.1 Å². The SMILES string of the molecule is CNc1cc(NC2(CO)CCC(C)CC2)nc(C(C)C)n1. The summed E-state index contributed by atoms with van der Waals surface area (Å²) in [6.07, 6.45) is 4.27. The fraction of sp³-hybridized carbons (Fsp3) is 0.750.